The molecule has 0 bridgehead atoms. The van der Waals surface area contributed by atoms with E-state index in [-0.39, 0.29) is 11.9 Å². The molecule has 3 N–H and O–H groups in total. The van der Waals surface area contributed by atoms with E-state index in [1.54, 1.807) is 6.26 Å². The number of furan rings is 1. The molecule has 0 aliphatic rings. The van der Waals surface area contributed by atoms with Gasteiger partial charge in [-0.05, 0) is 43.5 Å². The standard InChI is InChI=1S/C17H22N2O2/c1-4-14-8-5-7-12(2)17(14)19-16(20)11-18-13(3)15-9-6-10-21-15/h5-10,13,18H,4,11H2,1-3H3,(H,19,20)/p+1/t13-/m0/s1. The first-order valence-corrected chi connectivity index (χ1v) is 7.37. The van der Waals surface area contributed by atoms with Crippen molar-refractivity contribution >= 4 is 11.6 Å². The predicted molar refractivity (Wildman–Crippen MR) is 83.1 cm³/mol. The number of aryl methyl sites for hydroxylation is 2. The molecule has 1 heterocycles. The zero-order valence-electron chi connectivity index (χ0n) is 12.8. The Morgan fingerprint density at radius 2 is 2.14 bits per heavy atom. The van der Waals surface area contributed by atoms with Crippen molar-refractivity contribution in [3.63, 3.8) is 0 Å². The highest BCUT2D eigenvalue weighted by Crippen LogP contribution is 2.20. The van der Waals surface area contributed by atoms with Gasteiger partial charge in [0.1, 0.15) is 6.04 Å². The van der Waals surface area contributed by atoms with Crippen LogP contribution >= 0.6 is 0 Å². The number of benzene rings is 1. The van der Waals surface area contributed by atoms with Crippen molar-refractivity contribution in [3.8, 4) is 0 Å². The van der Waals surface area contributed by atoms with Crippen LogP contribution in [0.2, 0.25) is 0 Å². The average molecular weight is 287 g/mol. The van der Waals surface area contributed by atoms with Crippen molar-refractivity contribution in [3.05, 3.63) is 53.5 Å². The zero-order valence-corrected chi connectivity index (χ0v) is 12.8. The third kappa shape index (κ3) is 3.95. The molecule has 0 aliphatic heterocycles. The first-order chi connectivity index (χ1) is 10.1. The van der Waals surface area contributed by atoms with Gasteiger partial charge in [0.05, 0.1) is 6.26 Å². The number of amides is 1. The van der Waals surface area contributed by atoms with E-state index in [9.17, 15) is 4.79 Å². The molecule has 4 heteroatoms. The number of hydrogen-bond acceptors (Lipinski definition) is 2. The maximum atomic E-state index is 12.1. The van der Waals surface area contributed by atoms with E-state index in [0.717, 1.165) is 23.4 Å². The van der Waals surface area contributed by atoms with Crippen molar-refractivity contribution in [1.82, 2.24) is 0 Å². The number of nitrogens with one attached hydrogen (secondary N) is 1. The van der Waals surface area contributed by atoms with E-state index in [1.807, 2.05) is 43.4 Å². The Balaban J connectivity index is 1.93. The maximum absolute atomic E-state index is 12.1. The second kappa shape index (κ2) is 7.09. The summed E-state index contributed by atoms with van der Waals surface area (Å²) >= 11 is 0. The number of quaternary nitrogens is 1. The number of carbonyl (C=O) groups is 1. The maximum Gasteiger partial charge on any atom is 0.279 e. The van der Waals surface area contributed by atoms with Crippen molar-refractivity contribution in [2.24, 2.45) is 0 Å². The van der Waals surface area contributed by atoms with Crippen LogP contribution < -0.4 is 10.6 Å². The lowest BCUT2D eigenvalue weighted by molar-refractivity contribution is -0.684. The lowest BCUT2D eigenvalue weighted by Crippen LogP contribution is -2.86. The molecule has 1 aromatic carbocycles. The minimum atomic E-state index is 0.0115. The third-order valence-electron chi connectivity index (χ3n) is 3.65. The summed E-state index contributed by atoms with van der Waals surface area (Å²) in [7, 11) is 0. The molecule has 112 valence electrons. The zero-order chi connectivity index (χ0) is 15.2. The van der Waals surface area contributed by atoms with Crippen LogP contribution in [0.4, 0.5) is 5.69 Å². The summed E-state index contributed by atoms with van der Waals surface area (Å²) in [5.41, 5.74) is 3.22. The second-order valence-electron chi connectivity index (χ2n) is 5.25. The van der Waals surface area contributed by atoms with E-state index < -0.39 is 0 Å². The normalized spacial score (nSPS) is 12.1. The van der Waals surface area contributed by atoms with Crippen LogP contribution in [0.25, 0.3) is 0 Å². The molecule has 2 aromatic rings. The molecule has 21 heavy (non-hydrogen) atoms. The summed E-state index contributed by atoms with van der Waals surface area (Å²) < 4.78 is 5.34. The number of nitrogens with two attached hydrogens (primary N) is 1. The van der Waals surface area contributed by atoms with Gasteiger partial charge in [-0.25, -0.2) is 0 Å². The highest BCUT2D eigenvalue weighted by Gasteiger charge is 2.15. The monoisotopic (exact) mass is 287 g/mol. The highest BCUT2D eigenvalue weighted by atomic mass is 16.3. The van der Waals surface area contributed by atoms with Crippen LogP contribution in [0.1, 0.15) is 36.8 Å². The Bertz CT molecular complexity index is 591. The van der Waals surface area contributed by atoms with Gasteiger partial charge in [0.25, 0.3) is 5.91 Å². The molecule has 0 aliphatic carbocycles. The number of hydrogen-bond donors (Lipinski definition) is 2. The number of carbonyl (C=O) groups excluding carboxylic acids is 1. The minimum absolute atomic E-state index is 0.0115. The van der Waals surface area contributed by atoms with Gasteiger partial charge >= 0.3 is 0 Å². The SMILES string of the molecule is CCc1cccc(C)c1NC(=O)C[NH2+][C@@H](C)c1ccco1. The van der Waals surface area contributed by atoms with Crippen LogP contribution in [0.15, 0.2) is 41.0 Å². The number of rotatable bonds is 6. The number of anilines is 1. The molecule has 0 spiro atoms. The lowest BCUT2D eigenvalue weighted by Gasteiger charge is -2.13. The fourth-order valence-electron chi connectivity index (χ4n) is 2.34. The van der Waals surface area contributed by atoms with Gasteiger partial charge in [-0.3, -0.25) is 4.79 Å². The molecule has 0 radical (unpaired) electrons. The first kappa shape index (κ1) is 15.3. The Hall–Kier alpha value is -2.07. The quantitative estimate of drug-likeness (QED) is 0.857. The molecule has 0 saturated carbocycles. The average Bonchev–Trinajstić information content (AvgIpc) is 3.01. The van der Waals surface area contributed by atoms with Gasteiger partial charge in [0.15, 0.2) is 12.3 Å². The van der Waals surface area contributed by atoms with Crippen molar-refractivity contribution in [1.29, 1.82) is 0 Å². The minimum Gasteiger partial charge on any atom is -0.463 e. The fourth-order valence-corrected chi connectivity index (χ4v) is 2.34. The largest absolute Gasteiger partial charge is 0.463 e. The van der Waals surface area contributed by atoms with Crippen molar-refractivity contribution < 1.29 is 14.5 Å². The second-order valence-corrected chi connectivity index (χ2v) is 5.25. The molecule has 4 nitrogen and oxygen atoms in total. The smallest absolute Gasteiger partial charge is 0.279 e. The molecule has 1 atom stereocenters. The van der Waals surface area contributed by atoms with Gasteiger partial charge in [-0.15, -0.1) is 0 Å². The molecule has 0 fully saturated rings. The molecule has 1 amide bonds. The Morgan fingerprint density at radius 1 is 1.33 bits per heavy atom. The Labute approximate surface area is 125 Å². The van der Waals surface area contributed by atoms with Crippen molar-refractivity contribution in [2.75, 3.05) is 11.9 Å². The van der Waals surface area contributed by atoms with Crippen LogP contribution in [-0.2, 0) is 11.2 Å². The van der Waals surface area contributed by atoms with Crippen LogP contribution in [0, 0.1) is 6.92 Å². The summed E-state index contributed by atoms with van der Waals surface area (Å²) in [5, 5.41) is 5.00. The third-order valence-corrected chi connectivity index (χ3v) is 3.65. The van der Waals surface area contributed by atoms with Crippen LogP contribution in [-0.4, -0.2) is 12.5 Å². The lowest BCUT2D eigenvalue weighted by atomic mass is 10.1. The van der Waals surface area contributed by atoms with Crippen molar-refractivity contribution in [2.45, 2.75) is 33.2 Å². The Morgan fingerprint density at radius 3 is 2.81 bits per heavy atom. The fraction of sp³-hybridized carbons (Fsp3) is 0.353. The van der Waals surface area contributed by atoms with Gasteiger partial charge in [0, 0.05) is 5.69 Å². The summed E-state index contributed by atoms with van der Waals surface area (Å²) in [4.78, 5) is 12.1. The van der Waals surface area contributed by atoms with Crippen LogP contribution in [0.5, 0.6) is 0 Å². The van der Waals surface area contributed by atoms with Gasteiger partial charge in [0.2, 0.25) is 0 Å². The summed E-state index contributed by atoms with van der Waals surface area (Å²) in [6.45, 7) is 6.51. The summed E-state index contributed by atoms with van der Waals surface area (Å²) in [6.07, 6.45) is 2.56. The van der Waals surface area contributed by atoms with E-state index in [4.69, 9.17) is 4.42 Å². The van der Waals surface area contributed by atoms with E-state index in [1.165, 1.54) is 5.56 Å². The molecule has 0 unspecified atom stereocenters. The van der Waals surface area contributed by atoms with E-state index in [2.05, 4.69) is 18.3 Å². The highest BCUT2D eigenvalue weighted by molar-refractivity contribution is 5.93. The van der Waals surface area contributed by atoms with E-state index in [0.29, 0.717) is 6.54 Å². The van der Waals surface area contributed by atoms with Gasteiger partial charge < -0.3 is 15.1 Å². The van der Waals surface area contributed by atoms with E-state index >= 15 is 0 Å². The topological polar surface area (TPSA) is 58.9 Å². The molecular formula is C17H23N2O2+. The molecule has 2 rings (SSSR count). The number of para-hydroxylation sites is 1. The first-order valence-electron chi connectivity index (χ1n) is 7.37. The van der Waals surface area contributed by atoms with Gasteiger partial charge in [-0.1, -0.05) is 25.1 Å². The predicted octanol–water partition coefficient (Wildman–Crippen LogP) is 2.41. The summed E-state index contributed by atoms with van der Waals surface area (Å²) in [5.74, 6) is 0.894. The summed E-state index contributed by atoms with van der Waals surface area (Å²) in [6, 6.07) is 10.0. The van der Waals surface area contributed by atoms with Crippen LogP contribution in [0.3, 0.4) is 0 Å². The molecular weight excluding hydrogens is 264 g/mol. The molecule has 1 aromatic heterocycles. The molecule has 0 saturated heterocycles. The Kier molecular flexibility index (Phi) is 5.17. The van der Waals surface area contributed by atoms with Gasteiger partial charge in [-0.2, -0.15) is 0 Å².